The van der Waals surface area contributed by atoms with Gasteiger partial charge in [-0.2, -0.15) is 0 Å². The Morgan fingerprint density at radius 2 is 1.02 bits per heavy atom. The standard InChI is InChI=1S/C43H33NO6/c1-26(45)29-11-10-16-32(25-29)44-39(46)37-38(40(44)47)43(31-14-8-5-9-15-31)36(28-19-23-34(50-3)24-20-28)35(27-17-21-33(49-2)22-18-27)42(37,41(43)48)30-12-6-4-7-13-30/h4-25,37-38H,1-3H3. The molecule has 1 aliphatic heterocycles. The van der Waals surface area contributed by atoms with Gasteiger partial charge in [-0.25, -0.2) is 4.90 Å². The Balaban J connectivity index is 1.53. The van der Waals surface area contributed by atoms with Gasteiger partial charge in [0, 0.05) is 5.56 Å². The molecule has 5 aromatic carbocycles. The molecule has 1 saturated heterocycles. The van der Waals surface area contributed by atoms with Crippen LogP contribution in [0.2, 0.25) is 0 Å². The van der Waals surface area contributed by atoms with Crippen LogP contribution in [0, 0.1) is 11.8 Å². The SMILES string of the molecule is COc1ccc(C2=C(c3ccc(OC)cc3)C3(c4ccccc4)C(=O)C2(c2ccccc2)C2C(=O)N(c4cccc(C(C)=O)c4)C(=O)C23)cc1. The van der Waals surface area contributed by atoms with E-state index in [1.807, 2.05) is 109 Å². The van der Waals surface area contributed by atoms with Gasteiger partial charge in [-0.15, -0.1) is 0 Å². The fraction of sp³-hybridized carbons (Fsp3) is 0.163. The number of fused-ring (bicyclic) bond motifs is 5. The number of Topliss-reactive ketones (excluding diaryl/α,β-unsaturated/α-hetero) is 2. The summed E-state index contributed by atoms with van der Waals surface area (Å²) in [4.78, 5) is 60.1. The Bertz CT molecular complexity index is 2100. The fourth-order valence-corrected chi connectivity index (χ4v) is 8.76. The monoisotopic (exact) mass is 659 g/mol. The highest BCUT2D eigenvalue weighted by Crippen LogP contribution is 2.74. The van der Waals surface area contributed by atoms with E-state index in [4.69, 9.17) is 9.47 Å². The smallest absolute Gasteiger partial charge is 0.239 e. The molecular weight excluding hydrogens is 626 g/mol. The highest BCUT2D eigenvalue weighted by molar-refractivity contribution is 6.39. The second-order valence-corrected chi connectivity index (χ2v) is 13.0. The van der Waals surface area contributed by atoms with Crippen molar-refractivity contribution in [2.75, 3.05) is 19.1 Å². The molecule has 4 atom stereocenters. The lowest BCUT2D eigenvalue weighted by Gasteiger charge is -2.39. The van der Waals surface area contributed by atoms with Gasteiger partial charge in [0.2, 0.25) is 11.8 Å². The van der Waals surface area contributed by atoms with Crippen LogP contribution in [0.3, 0.4) is 0 Å². The third kappa shape index (κ3) is 4.03. The number of nitrogens with zero attached hydrogens (tertiary/aromatic N) is 1. The van der Waals surface area contributed by atoms with Crippen LogP contribution in [0.4, 0.5) is 5.69 Å². The van der Waals surface area contributed by atoms with Gasteiger partial charge in [0.05, 0.1) is 42.6 Å². The number of benzene rings is 5. The number of methoxy groups -OCH3 is 2. The summed E-state index contributed by atoms with van der Waals surface area (Å²) in [6, 6.07) is 40.3. The summed E-state index contributed by atoms with van der Waals surface area (Å²) in [7, 11) is 3.19. The Hall–Kier alpha value is -6.08. The lowest BCUT2D eigenvalue weighted by molar-refractivity contribution is -0.130. The third-order valence-electron chi connectivity index (χ3n) is 10.7. The molecule has 4 unspecified atom stereocenters. The van der Waals surface area contributed by atoms with Crippen molar-refractivity contribution in [1.82, 2.24) is 0 Å². The summed E-state index contributed by atoms with van der Waals surface area (Å²) < 4.78 is 11.0. The molecule has 2 aliphatic carbocycles. The van der Waals surface area contributed by atoms with Crippen molar-refractivity contribution in [2.24, 2.45) is 11.8 Å². The molecule has 0 N–H and O–H groups in total. The normalized spacial score (nSPS) is 23.7. The molecule has 5 aromatic rings. The van der Waals surface area contributed by atoms with Gasteiger partial charge in [-0.1, -0.05) is 97.1 Å². The summed E-state index contributed by atoms with van der Waals surface area (Å²) in [5.41, 5.74) is 1.67. The maximum Gasteiger partial charge on any atom is 0.239 e. The number of hydrogen-bond donors (Lipinski definition) is 0. The summed E-state index contributed by atoms with van der Waals surface area (Å²) >= 11 is 0. The first-order valence-corrected chi connectivity index (χ1v) is 16.5. The lowest BCUT2D eigenvalue weighted by Crippen LogP contribution is -2.45. The predicted octanol–water partition coefficient (Wildman–Crippen LogP) is 7.10. The first-order chi connectivity index (χ1) is 24.3. The van der Waals surface area contributed by atoms with Crippen molar-refractivity contribution in [3.63, 3.8) is 0 Å². The van der Waals surface area contributed by atoms with E-state index >= 15 is 14.4 Å². The van der Waals surface area contributed by atoms with Crippen LogP contribution in [-0.4, -0.2) is 37.6 Å². The first-order valence-electron chi connectivity index (χ1n) is 16.5. The van der Waals surface area contributed by atoms with E-state index in [-0.39, 0.29) is 11.6 Å². The molecule has 0 radical (unpaired) electrons. The van der Waals surface area contributed by atoms with Crippen molar-refractivity contribution >= 4 is 40.2 Å². The van der Waals surface area contributed by atoms with Gasteiger partial charge in [-0.3, -0.25) is 19.2 Å². The highest BCUT2D eigenvalue weighted by atomic mass is 16.5. The average molecular weight is 660 g/mol. The number of imide groups is 1. The van der Waals surface area contributed by atoms with E-state index in [9.17, 15) is 4.79 Å². The van der Waals surface area contributed by atoms with E-state index in [1.165, 1.54) is 11.8 Å². The van der Waals surface area contributed by atoms with Crippen molar-refractivity contribution in [3.05, 3.63) is 161 Å². The topological polar surface area (TPSA) is 90.0 Å². The Morgan fingerprint density at radius 1 is 0.580 bits per heavy atom. The zero-order valence-electron chi connectivity index (χ0n) is 27.8. The molecule has 7 nitrogen and oxygen atoms in total. The number of amides is 2. The van der Waals surface area contributed by atoms with Gasteiger partial charge in [0.1, 0.15) is 11.5 Å². The molecule has 7 heteroatoms. The van der Waals surface area contributed by atoms with Crippen LogP contribution in [0.15, 0.2) is 133 Å². The molecule has 1 heterocycles. The van der Waals surface area contributed by atoms with E-state index in [0.717, 1.165) is 11.1 Å². The number of allylic oxidation sites excluding steroid dienone is 2. The number of carbonyl (C=O) groups excluding carboxylic acids is 4. The summed E-state index contributed by atoms with van der Waals surface area (Å²) in [6.07, 6.45) is 0. The van der Waals surface area contributed by atoms with E-state index in [2.05, 4.69) is 0 Å². The number of hydrogen-bond acceptors (Lipinski definition) is 6. The van der Waals surface area contributed by atoms with E-state index in [0.29, 0.717) is 45.0 Å². The second kappa shape index (κ2) is 11.5. The Morgan fingerprint density at radius 3 is 1.42 bits per heavy atom. The van der Waals surface area contributed by atoms with Crippen LogP contribution < -0.4 is 14.4 Å². The lowest BCUT2D eigenvalue weighted by atomic mass is 9.59. The van der Waals surface area contributed by atoms with Crippen molar-refractivity contribution in [1.29, 1.82) is 0 Å². The largest absolute Gasteiger partial charge is 0.497 e. The van der Waals surface area contributed by atoms with Crippen LogP contribution >= 0.6 is 0 Å². The number of ether oxygens (including phenoxy) is 2. The molecule has 2 fully saturated rings. The molecule has 0 spiro atoms. The molecule has 2 amide bonds. The first kappa shape index (κ1) is 31.2. The van der Waals surface area contributed by atoms with Crippen LogP contribution in [0.5, 0.6) is 11.5 Å². The van der Waals surface area contributed by atoms with Gasteiger partial charge < -0.3 is 9.47 Å². The number of ketones is 2. The zero-order chi connectivity index (χ0) is 34.8. The highest BCUT2D eigenvalue weighted by Gasteiger charge is 2.82. The van der Waals surface area contributed by atoms with Gasteiger partial charge in [0.25, 0.3) is 0 Å². The second-order valence-electron chi connectivity index (χ2n) is 13.0. The Labute approximate surface area is 289 Å². The zero-order valence-corrected chi connectivity index (χ0v) is 27.8. The molecular formula is C43H33NO6. The molecule has 0 aromatic heterocycles. The van der Waals surface area contributed by atoms with Crippen molar-refractivity contribution in [2.45, 2.75) is 17.8 Å². The number of rotatable bonds is 8. The molecule has 2 bridgehead atoms. The summed E-state index contributed by atoms with van der Waals surface area (Å²) in [6.45, 7) is 1.45. The maximum absolute atomic E-state index is 16.1. The van der Waals surface area contributed by atoms with E-state index < -0.39 is 34.5 Å². The predicted molar refractivity (Wildman–Crippen MR) is 190 cm³/mol. The quantitative estimate of drug-likeness (QED) is 0.131. The van der Waals surface area contributed by atoms with Crippen molar-refractivity contribution < 1.29 is 28.7 Å². The summed E-state index contributed by atoms with van der Waals surface area (Å²) in [5.74, 6) is -2.23. The molecule has 8 rings (SSSR count). The average Bonchev–Trinajstić information content (AvgIpc) is 3.67. The molecule has 1 saturated carbocycles. The maximum atomic E-state index is 16.1. The van der Waals surface area contributed by atoms with Crippen LogP contribution in [0.25, 0.3) is 11.1 Å². The fourth-order valence-electron chi connectivity index (χ4n) is 8.76. The minimum atomic E-state index is -1.55. The molecule has 50 heavy (non-hydrogen) atoms. The third-order valence-corrected chi connectivity index (χ3v) is 10.7. The molecule has 3 aliphatic rings. The molecule has 246 valence electrons. The van der Waals surface area contributed by atoms with Crippen LogP contribution in [-0.2, 0) is 25.2 Å². The van der Waals surface area contributed by atoms with Crippen molar-refractivity contribution in [3.8, 4) is 11.5 Å². The van der Waals surface area contributed by atoms with Gasteiger partial charge in [-0.05, 0) is 76.7 Å². The van der Waals surface area contributed by atoms with Gasteiger partial charge in [0.15, 0.2) is 11.6 Å². The Kier molecular flexibility index (Phi) is 7.19. The van der Waals surface area contributed by atoms with E-state index in [1.54, 1.807) is 38.5 Å². The number of carbonyl (C=O) groups is 4. The minimum Gasteiger partial charge on any atom is -0.497 e. The summed E-state index contributed by atoms with van der Waals surface area (Å²) in [5, 5.41) is 0. The minimum absolute atomic E-state index is 0.187. The van der Waals surface area contributed by atoms with Gasteiger partial charge >= 0.3 is 0 Å². The van der Waals surface area contributed by atoms with Crippen LogP contribution in [0.1, 0.15) is 39.5 Å². The number of anilines is 1.